The van der Waals surface area contributed by atoms with Crippen molar-refractivity contribution in [3.8, 4) is 11.8 Å². The zero-order chi connectivity index (χ0) is 14.5. The van der Waals surface area contributed by atoms with E-state index < -0.39 is 5.91 Å². The number of carbonyl (C=O) groups is 1. The average molecular weight is 267 g/mol. The zero-order valence-corrected chi connectivity index (χ0v) is 11.5. The molecule has 0 aliphatic carbocycles. The Balaban J connectivity index is 2.30. The molecular weight excluding hydrogens is 250 g/mol. The third kappa shape index (κ3) is 2.89. The summed E-state index contributed by atoms with van der Waals surface area (Å²) in [5.41, 5.74) is 8.38. The van der Waals surface area contributed by atoms with Crippen molar-refractivity contribution in [1.29, 1.82) is 5.26 Å². The molecule has 0 atom stereocenters. The number of unbranched alkanes of at least 4 members (excludes halogenated alkanes) is 1. The monoisotopic (exact) mass is 267 g/mol. The van der Waals surface area contributed by atoms with Crippen molar-refractivity contribution in [3.63, 3.8) is 0 Å². The third-order valence-electron chi connectivity index (χ3n) is 3.28. The van der Waals surface area contributed by atoms with Gasteiger partial charge in [0.05, 0.1) is 5.56 Å². The maximum absolute atomic E-state index is 11.0. The van der Waals surface area contributed by atoms with Crippen LogP contribution in [0.3, 0.4) is 0 Å². The first-order valence-electron chi connectivity index (χ1n) is 6.67. The largest absolute Gasteiger partial charge is 0.366 e. The quantitative estimate of drug-likeness (QED) is 0.904. The summed E-state index contributed by atoms with van der Waals surface area (Å²) in [5.74, 6) is -0.439. The van der Waals surface area contributed by atoms with E-state index in [0.29, 0.717) is 11.1 Å². The van der Waals surface area contributed by atoms with Crippen LogP contribution in [-0.4, -0.2) is 10.5 Å². The molecule has 1 aromatic carbocycles. The average Bonchev–Trinajstić information content (AvgIpc) is 2.88. The minimum absolute atomic E-state index is 0.439. The molecule has 0 aliphatic heterocycles. The number of benzene rings is 1. The van der Waals surface area contributed by atoms with Gasteiger partial charge >= 0.3 is 0 Å². The molecule has 2 N–H and O–H groups in total. The molecule has 4 heteroatoms. The molecule has 102 valence electrons. The maximum atomic E-state index is 11.0. The molecule has 0 saturated heterocycles. The highest BCUT2D eigenvalue weighted by Gasteiger charge is 2.08. The zero-order valence-electron chi connectivity index (χ0n) is 11.5. The van der Waals surface area contributed by atoms with Crippen LogP contribution in [0.5, 0.6) is 0 Å². The van der Waals surface area contributed by atoms with Gasteiger partial charge in [-0.2, -0.15) is 5.26 Å². The summed E-state index contributed by atoms with van der Waals surface area (Å²) >= 11 is 0. The summed E-state index contributed by atoms with van der Waals surface area (Å²) in [6.07, 6.45) is 6.88. The molecule has 0 radical (unpaired) electrons. The minimum atomic E-state index is -0.439. The summed E-state index contributed by atoms with van der Waals surface area (Å²) in [6.45, 7) is 2.13. The lowest BCUT2D eigenvalue weighted by atomic mass is 10.1. The Morgan fingerprint density at radius 2 is 2.00 bits per heavy atom. The summed E-state index contributed by atoms with van der Waals surface area (Å²) in [6, 6.07) is 9.26. The Kier molecular flexibility index (Phi) is 4.21. The van der Waals surface area contributed by atoms with E-state index >= 15 is 0 Å². The lowest BCUT2D eigenvalue weighted by Gasteiger charge is -2.03. The summed E-state index contributed by atoms with van der Waals surface area (Å²) in [7, 11) is 0. The molecule has 0 spiro atoms. The smallest absolute Gasteiger partial charge is 0.248 e. The number of nitrogens with zero attached hydrogens (tertiary/aromatic N) is 2. The topological polar surface area (TPSA) is 71.8 Å². The van der Waals surface area contributed by atoms with Crippen molar-refractivity contribution in [2.24, 2.45) is 5.73 Å². The number of nitriles is 1. The Bertz CT molecular complexity index is 647. The van der Waals surface area contributed by atoms with Gasteiger partial charge in [-0.1, -0.05) is 13.3 Å². The predicted octanol–water partition coefficient (Wildman–Crippen LogP) is 2.79. The fourth-order valence-electron chi connectivity index (χ4n) is 2.11. The van der Waals surface area contributed by atoms with Gasteiger partial charge in [0.2, 0.25) is 5.91 Å². The molecule has 20 heavy (non-hydrogen) atoms. The van der Waals surface area contributed by atoms with Gasteiger partial charge in [-0.15, -0.1) is 0 Å². The van der Waals surface area contributed by atoms with Crippen molar-refractivity contribution >= 4 is 5.91 Å². The Labute approximate surface area is 118 Å². The lowest BCUT2D eigenvalue weighted by Crippen LogP contribution is -2.10. The van der Waals surface area contributed by atoms with E-state index in [2.05, 4.69) is 13.0 Å². The second kappa shape index (κ2) is 6.07. The van der Waals surface area contributed by atoms with Crippen molar-refractivity contribution in [2.45, 2.75) is 26.2 Å². The number of nitrogens with two attached hydrogens (primary N) is 1. The Hall–Kier alpha value is -2.54. The Morgan fingerprint density at radius 3 is 2.55 bits per heavy atom. The van der Waals surface area contributed by atoms with Crippen LogP contribution in [0, 0.1) is 11.3 Å². The lowest BCUT2D eigenvalue weighted by molar-refractivity contribution is 0.100. The number of aryl methyl sites for hydroxylation is 1. The molecule has 0 fully saturated rings. The summed E-state index contributed by atoms with van der Waals surface area (Å²) in [5, 5.41) is 9.17. The van der Waals surface area contributed by atoms with Gasteiger partial charge in [0.1, 0.15) is 6.07 Å². The van der Waals surface area contributed by atoms with Crippen molar-refractivity contribution in [1.82, 2.24) is 4.57 Å². The van der Waals surface area contributed by atoms with E-state index in [9.17, 15) is 10.1 Å². The molecular formula is C16H17N3O. The molecule has 2 rings (SSSR count). The minimum Gasteiger partial charge on any atom is -0.366 e. The van der Waals surface area contributed by atoms with Gasteiger partial charge < -0.3 is 10.3 Å². The second-order valence-corrected chi connectivity index (χ2v) is 4.73. The summed E-state index contributed by atoms with van der Waals surface area (Å²) < 4.78 is 1.91. The van der Waals surface area contributed by atoms with E-state index in [0.717, 1.165) is 30.5 Å². The van der Waals surface area contributed by atoms with Crippen molar-refractivity contribution in [2.75, 3.05) is 0 Å². The van der Waals surface area contributed by atoms with Crippen LogP contribution in [0.2, 0.25) is 0 Å². The molecule has 2 aromatic rings. The highest BCUT2D eigenvalue weighted by molar-refractivity contribution is 5.92. The van der Waals surface area contributed by atoms with Crippen LogP contribution in [0.4, 0.5) is 0 Å². The SMILES string of the molecule is CCCCc1cn(-c2ccc(C(N)=O)cc2)cc1C#N. The number of rotatable bonds is 5. The van der Waals surface area contributed by atoms with Crippen LogP contribution in [0.1, 0.15) is 41.3 Å². The predicted molar refractivity (Wildman–Crippen MR) is 77.6 cm³/mol. The fraction of sp³-hybridized carbons (Fsp3) is 0.250. The number of aromatic nitrogens is 1. The first-order chi connectivity index (χ1) is 9.65. The van der Waals surface area contributed by atoms with Crippen LogP contribution in [0.15, 0.2) is 36.7 Å². The molecule has 1 amide bonds. The molecule has 4 nitrogen and oxygen atoms in total. The van der Waals surface area contributed by atoms with Crippen molar-refractivity contribution in [3.05, 3.63) is 53.3 Å². The number of amides is 1. The maximum Gasteiger partial charge on any atom is 0.248 e. The first-order valence-corrected chi connectivity index (χ1v) is 6.67. The highest BCUT2D eigenvalue weighted by atomic mass is 16.1. The van der Waals surface area contributed by atoms with Crippen molar-refractivity contribution < 1.29 is 4.79 Å². The Morgan fingerprint density at radius 1 is 1.30 bits per heavy atom. The third-order valence-corrected chi connectivity index (χ3v) is 3.28. The number of carbonyl (C=O) groups excluding carboxylic acids is 1. The molecule has 0 bridgehead atoms. The number of hydrogen-bond donors (Lipinski definition) is 1. The molecule has 1 heterocycles. The molecule has 0 aliphatic rings. The van der Waals surface area contributed by atoms with E-state index in [1.54, 1.807) is 12.1 Å². The summed E-state index contributed by atoms with van der Waals surface area (Å²) in [4.78, 5) is 11.0. The molecule has 0 saturated carbocycles. The van der Waals surface area contributed by atoms with Gasteiger partial charge in [-0.25, -0.2) is 0 Å². The molecule has 0 unspecified atom stereocenters. The van der Waals surface area contributed by atoms with E-state index in [1.807, 2.05) is 29.1 Å². The second-order valence-electron chi connectivity index (χ2n) is 4.73. The van der Waals surface area contributed by atoms with Crippen LogP contribution < -0.4 is 5.73 Å². The van der Waals surface area contributed by atoms with Gasteiger partial charge in [0.25, 0.3) is 0 Å². The van der Waals surface area contributed by atoms with Crippen LogP contribution in [0.25, 0.3) is 5.69 Å². The van der Waals surface area contributed by atoms with Gasteiger partial charge in [-0.05, 0) is 42.7 Å². The van der Waals surface area contributed by atoms with Gasteiger partial charge in [-0.3, -0.25) is 4.79 Å². The van der Waals surface area contributed by atoms with E-state index in [1.165, 1.54) is 0 Å². The van der Waals surface area contributed by atoms with Gasteiger partial charge in [0.15, 0.2) is 0 Å². The standard InChI is InChI=1S/C16H17N3O/c1-2-3-4-13-10-19(11-14(13)9-17)15-7-5-12(6-8-15)16(18)20/h5-8,10-11H,2-4H2,1H3,(H2,18,20). The fourth-order valence-corrected chi connectivity index (χ4v) is 2.11. The van der Waals surface area contributed by atoms with E-state index in [-0.39, 0.29) is 0 Å². The molecule has 1 aromatic heterocycles. The van der Waals surface area contributed by atoms with Gasteiger partial charge in [0, 0.05) is 23.6 Å². The van der Waals surface area contributed by atoms with E-state index in [4.69, 9.17) is 5.73 Å². The van der Waals surface area contributed by atoms with Crippen LogP contribution >= 0.6 is 0 Å². The highest BCUT2D eigenvalue weighted by Crippen LogP contribution is 2.18. The number of hydrogen-bond acceptors (Lipinski definition) is 2. The number of primary amides is 1. The van der Waals surface area contributed by atoms with Crippen LogP contribution in [-0.2, 0) is 6.42 Å². The first kappa shape index (κ1) is 13.9. The normalized spacial score (nSPS) is 10.2.